The molecule has 0 bridgehead atoms. The summed E-state index contributed by atoms with van der Waals surface area (Å²) in [6, 6.07) is 0. The summed E-state index contributed by atoms with van der Waals surface area (Å²) in [7, 11) is 0. The average molecular weight is 256 g/mol. The van der Waals surface area contributed by atoms with Gasteiger partial charge in [-0.2, -0.15) is 0 Å². The van der Waals surface area contributed by atoms with Crippen molar-refractivity contribution in [2.45, 2.75) is 58.5 Å². The quantitative estimate of drug-likeness (QED) is 0.608. The van der Waals surface area contributed by atoms with Gasteiger partial charge in [-0.15, -0.1) is 0 Å². The van der Waals surface area contributed by atoms with E-state index >= 15 is 0 Å². The Hall–Kier alpha value is -0.120. The van der Waals surface area contributed by atoms with E-state index in [0.717, 1.165) is 13.2 Å². The van der Waals surface area contributed by atoms with Gasteiger partial charge in [0, 0.05) is 13.2 Å². The lowest BCUT2D eigenvalue weighted by Crippen LogP contribution is -2.40. The van der Waals surface area contributed by atoms with Gasteiger partial charge in [-0.3, -0.25) is 0 Å². The standard InChI is InChI=1S/C15H32N2O/c1-3-10-16-11-6-5-7-12-17-13-8-9-15(14-17)18-4-2/h15-16H,3-14H2,1-2H3. The summed E-state index contributed by atoms with van der Waals surface area (Å²) in [6.45, 7) is 11.2. The summed E-state index contributed by atoms with van der Waals surface area (Å²) in [5, 5.41) is 3.46. The van der Waals surface area contributed by atoms with Crippen molar-refractivity contribution >= 4 is 0 Å². The van der Waals surface area contributed by atoms with Crippen molar-refractivity contribution in [3.05, 3.63) is 0 Å². The van der Waals surface area contributed by atoms with Crippen molar-refractivity contribution in [1.82, 2.24) is 10.2 Å². The molecule has 0 amide bonds. The highest BCUT2D eigenvalue weighted by Crippen LogP contribution is 2.13. The molecule has 18 heavy (non-hydrogen) atoms. The molecule has 0 aromatic rings. The third-order valence-corrected chi connectivity index (χ3v) is 3.62. The Morgan fingerprint density at radius 3 is 2.83 bits per heavy atom. The first-order chi connectivity index (χ1) is 8.86. The van der Waals surface area contributed by atoms with Crippen LogP contribution in [0.25, 0.3) is 0 Å². The van der Waals surface area contributed by atoms with Crippen molar-refractivity contribution in [2.75, 3.05) is 39.3 Å². The third kappa shape index (κ3) is 7.34. The fourth-order valence-corrected chi connectivity index (χ4v) is 2.65. The molecule has 3 heteroatoms. The van der Waals surface area contributed by atoms with Gasteiger partial charge >= 0.3 is 0 Å². The maximum atomic E-state index is 5.73. The van der Waals surface area contributed by atoms with E-state index in [1.165, 1.54) is 64.7 Å². The summed E-state index contributed by atoms with van der Waals surface area (Å²) in [5.74, 6) is 0. The van der Waals surface area contributed by atoms with Gasteiger partial charge in [0.05, 0.1) is 6.10 Å². The highest BCUT2D eigenvalue weighted by atomic mass is 16.5. The largest absolute Gasteiger partial charge is 0.377 e. The van der Waals surface area contributed by atoms with E-state index in [9.17, 15) is 0 Å². The van der Waals surface area contributed by atoms with Gasteiger partial charge < -0.3 is 15.0 Å². The van der Waals surface area contributed by atoms with Crippen LogP contribution >= 0.6 is 0 Å². The van der Waals surface area contributed by atoms with Crippen molar-refractivity contribution in [3.8, 4) is 0 Å². The number of nitrogens with one attached hydrogen (secondary N) is 1. The lowest BCUT2D eigenvalue weighted by molar-refractivity contribution is 0.00559. The summed E-state index contributed by atoms with van der Waals surface area (Å²) >= 11 is 0. The molecule has 0 spiro atoms. The highest BCUT2D eigenvalue weighted by Gasteiger charge is 2.19. The van der Waals surface area contributed by atoms with E-state index < -0.39 is 0 Å². The molecular weight excluding hydrogens is 224 g/mol. The fraction of sp³-hybridized carbons (Fsp3) is 1.00. The summed E-state index contributed by atoms with van der Waals surface area (Å²) in [4.78, 5) is 2.59. The number of piperidine rings is 1. The molecule has 1 saturated heterocycles. The second-order valence-electron chi connectivity index (χ2n) is 5.33. The molecule has 108 valence electrons. The molecule has 1 aliphatic heterocycles. The van der Waals surface area contributed by atoms with Crippen LogP contribution in [0.15, 0.2) is 0 Å². The maximum absolute atomic E-state index is 5.73. The highest BCUT2D eigenvalue weighted by molar-refractivity contribution is 4.73. The zero-order valence-electron chi connectivity index (χ0n) is 12.4. The van der Waals surface area contributed by atoms with Crippen molar-refractivity contribution in [1.29, 1.82) is 0 Å². The first-order valence-corrected chi connectivity index (χ1v) is 7.91. The Kier molecular flexibility index (Phi) is 9.54. The molecular formula is C15H32N2O. The van der Waals surface area contributed by atoms with Crippen molar-refractivity contribution < 1.29 is 4.74 Å². The maximum Gasteiger partial charge on any atom is 0.0702 e. The molecule has 0 aromatic heterocycles. The molecule has 1 N–H and O–H groups in total. The van der Waals surface area contributed by atoms with Crippen LogP contribution in [0, 0.1) is 0 Å². The monoisotopic (exact) mass is 256 g/mol. The Morgan fingerprint density at radius 2 is 2.06 bits per heavy atom. The lowest BCUT2D eigenvalue weighted by Gasteiger charge is -2.32. The number of ether oxygens (including phenoxy) is 1. The molecule has 1 heterocycles. The smallest absolute Gasteiger partial charge is 0.0702 e. The predicted molar refractivity (Wildman–Crippen MR) is 78.1 cm³/mol. The van der Waals surface area contributed by atoms with E-state index in [1.807, 2.05) is 0 Å². The number of hydrogen-bond donors (Lipinski definition) is 1. The van der Waals surface area contributed by atoms with Crippen molar-refractivity contribution in [3.63, 3.8) is 0 Å². The van der Waals surface area contributed by atoms with Crippen LogP contribution in [0.5, 0.6) is 0 Å². The van der Waals surface area contributed by atoms with E-state index in [2.05, 4.69) is 24.1 Å². The minimum atomic E-state index is 0.495. The molecule has 1 atom stereocenters. The summed E-state index contributed by atoms with van der Waals surface area (Å²) in [5.41, 5.74) is 0. The van der Waals surface area contributed by atoms with Crippen LogP contribution in [0.4, 0.5) is 0 Å². The SMILES string of the molecule is CCCNCCCCCN1CCCC(OCC)C1. The van der Waals surface area contributed by atoms with Gasteiger partial charge in [0.2, 0.25) is 0 Å². The first-order valence-electron chi connectivity index (χ1n) is 7.91. The van der Waals surface area contributed by atoms with Crippen LogP contribution < -0.4 is 5.32 Å². The van der Waals surface area contributed by atoms with Gasteiger partial charge in [0.15, 0.2) is 0 Å². The Bertz CT molecular complexity index is 185. The number of nitrogens with zero attached hydrogens (tertiary/aromatic N) is 1. The second-order valence-corrected chi connectivity index (χ2v) is 5.33. The Morgan fingerprint density at radius 1 is 1.17 bits per heavy atom. The predicted octanol–water partition coefficient (Wildman–Crippen LogP) is 2.66. The normalized spacial score (nSPS) is 21.3. The van der Waals surface area contributed by atoms with Gasteiger partial charge in [0.25, 0.3) is 0 Å². The van der Waals surface area contributed by atoms with Gasteiger partial charge in [-0.25, -0.2) is 0 Å². The molecule has 0 aliphatic carbocycles. The average Bonchev–Trinajstić information content (AvgIpc) is 2.39. The van der Waals surface area contributed by atoms with Gasteiger partial charge in [-0.05, 0) is 65.2 Å². The molecule has 3 nitrogen and oxygen atoms in total. The van der Waals surface area contributed by atoms with Crippen LogP contribution in [0.3, 0.4) is 0 Å². The molecule has 0 aromatic carbocycles. The minimum absolute atomic E-state index is 0.495. The zero-order valence-corrected chi connectivity index (χ0v) is 12.4. The van der Waals surface area contributed by atoms with Crippen molar-refractivity contribution in [2.24, 2.45) is 0 Å². The van der Waals surface area contributed by atoms with E-state index in [1.54, 1.807) is 0 Å². The second kappa shape index (κ2) is 10.8. The van der Waals surface area contributed by atoms with E-state index in [0.29, 0.717) is 6.10 Å². The van der Waals surface area contributed by atoms with Crippen LogP contribution in [0.1, 0.15) is 52.4 Å². The number of hydrogen-bond acceptors (Lipinski definition) is 3. The Labute approximate surface area is 113 Å². The van der Waals surface area contributed by atoms with Crippen LogP contribution in [0.2, 0.25) is 0 Å². The number of unbranched alkanes of at least 4 members (excludes halogenated alkanes) is 2. The van der Waals surface area contributed by atoms with Gasteiger partial charge in [-0.1, -0.05) is 13.3 Å². The van der Waals surface area contributed by atoms with Crippen LogP contribution in [-0.2, 0) is 4.74 Å². The topological polar surface area (TPSA) is 24.5 Å². The molecule has 1 aliphatic rings. The Balaban J connectivity index is 1.94. The number of rotatable bonds is 10. The molecule has 1 rings (SSSR count). The van der Waals surface area contributed by atoms with Gasteiger partial charge in [0.1, 0.15) is 0 Å². The molecule has 1 fully saturated rings. The zero-order chi connectivity index (χ0) is 13.1. The van der Waals surface area contributed by atoms with E-state index in [4.69, 9.17) is 4.74 Å². The lowest BCUT2D eigenvalue weighted by atomic mass is 10.1. The minimum Gasteiger partial charge on any atom is -0.377 e. The van der Waals surface area contributed by atoms with E-state index in [-0.39, 0.29) is 0 Å². The molecule has 0 radical (unpaired) electrons. The van der Waals surface area contributed by atoms with Crippen LogP contribution in [-0.4, -0.2) is 50.3 Å². The molecule has 1 unspecified atom stereocenters. The fourth-order valence-electron chi connectivity index (χ4n) is 2.65. The summed E-state index contributed by atoms with van der Waals surface area (Å²) in [6.07, 6.45) is 8.32. The first kappa shape index (κ1) is 15.9. The third-order valence-electron chi connectivity index (χ3n) is 3.62. The summed E-state index contributed by atoms with van der Waals surface area (Å²) < 4.78 is 5.73. The number of likely N-dealkylation sites (tertiary alicyclic amines) is 1. The molecule has 0 saturated carbocycles.